The minimum absolute atomic E-state index is 0.0127. The van der Waals surface area contributed by atoms with Crippen molar-refractivity contribution >= 4 is 17.2 Å². The third kappa shape index (κ3) is 2.46. The largest absolute Gasteiger partial charge is 0.454 e. The van der Waals surface area contributed by atoms with Gasteiger partial charge in [0, 0.05) is 47.5 Å². The molecule has 1 atom stereocenters. The van der Waals surface area contributed by atoms with Crippen molar-refractivity contribution < 1.29 is 19.2 Å². The van der Waals surface area contributed by atoms with Crippen molar-refractivity contribution in [3.05, 3.63) is 68.9 Å². The Bertz CT molecular complexity index is 1030. The second-order valence-corrected chi connectivity index (χ2v) is 6.87. The topological polar surface area (TPSA) is 90.7 Å². The highest BCUT2D eigenvalue weighted by Crippen LogP contribution is 2.49. The monoisotopic (exact) mass is 364 g/mol. The summed E-state index contributed by atoms with van der Waals surface area (Å²) in [5.41, 5.74) is 4.06. The van der Waals surface area contributed by atoms with Crippen LogP contribution in [-0.2, 0) is 4.79 Å². The van der Waals surface area contributed by atoms with Gasteiger partial charge in [-0.1, -0.05) is 12.1 Å². The number of nitrogens with one attached hydrogen (secondary N) is 1. The molecule has 3 aliphatic rings. The summed E-state index contributed by atoms with van der Waals surface area (Å²) in [5.74, 6) is 1.01. The Hall–Kier alpha value is -3.35. The highest BCUT2D eigenvalue weighted by Gasteiger charge is 2.37. The Balaban J connectivity index is 1.73. The van der Waals surface area contributed by atoms with E-state index in [1.54, 1.807) is 12.1 Å². The van der Waals surface area contributed by atoms with Crippen LogP contribution in [-0.4, -0.2) is 17.5 Å². The maximum absolute atomic E-state index is 12.8. The first-order valence-electron chi connectivity index (χ1n) is 8.83. The molecule has 2 aliphatic heterocycles. The molecule has 7 nitrogen and oxygen atoms in total. The molecule has 2 aromatic carbocycles. The standard InChI is InChI=1S/C20H16N2O5/c23-16-6-2-5-14-20(16)19(11-3-1-4-12(7-11)22(24)25)13-8-17-18(27-10-26-17)9-15(13)21-14/h1,3-4,7-9,19,21H,2,5-6,10H2/t19-/m1/s1. The van der Waals surface area contributed by atoms with Crippen LogP contribution in [0.3, 0.4) is 0 Å². The third-order valence-corrected chi connectivity index (χ3v) is 5.30. The van der Waals surface area contributed by atoms with Gasteiger partial charge in [0.15, 0.2) is 17.3 Å². The minimum Gasteiger partial charge on any atom is -0.454 e. The first kappa shape index (κ1) is 15.9. The van der Waals surface area contributed by atoms with Crippen molar-refractivity contribution in [1.29, 1.82) is 0 Å². The normalized spacial score (nSPS) is 20.0. The molecule has 7 heteroatoms. The first-order chi connectivity index (χ1) is 13.1. The maximum atomic E-state index is 12.8. The van der Waals surface area contributed by atoms with Crippen LogP contribution in [0.2, 0.25) is 0 Å². The number of anilines is 1. The number of Topliss-reactive ketones (excluding diaryl/α,β-unsaturated/α-hetero) is 1. The fourth-order valence-electron chi connectivity index (χ4n) is 4.12. The molecule has 0 saturated carbocycles. The van der Waals surface area contributed by atoms with Gasteiger partial charge >= 0.3 is 0 Å². The second-order valence-electron chi connectivity index (χ2n) is 6.87. The molecule has 27 heavy (non-hydrogen) atoms. The summed E-state index contributed by atoms with van der Waals surface area (Å²) in [4.78, 5) is 23.6. The van der Waals surface area contributed by atoms with Gasteiger partial charge in [-0.05, 0) is 30.0 Å². The van der Waals surface area contributed by atoms with E-state index >= 15 is 0 Å². The minimum atomic E-state index is -0.414. The zero-order valence-corrected chi connectivity index (χ0v) is 14.4. The van der Waals surface area contributed by atoms with E-state index in [1.165, 1.54) is 6.07 Å². The Morgan fingerprint density at radius 1 is 1.11 bits per heavy atom. The lowest BCUT2D eigenvalue weighted by Gasteiger charge is -2.34. The van der Waals surface area contributed by atoms with E-state index in [2.05, 4.69) is 5.32 Å². The number of benzene rings is 2. The number of allylic oxidation sites excluding steroid dienone is 2. The number of non-ortho nitro benzene ring substituents is 1. The number of nitro groups is 1. The van der Waals surface area contributed by atoms with E-state index in [0.29, 0.717) is 23.5 Å². The Morgan fingerprint density at radius 3 is 2.74 bits per heavy atom. The summed E-state index contributed by atoms with van der Waals surface area (Å²) >= 11 is 0. The summed E-state index contributed by atoms with van der Waals surface area (Å²) < 4.78 is 11.0. The number of nitrogens with zero attached hydrogens (tertiary/aromatic N) is 1. The molecule has 0 fully saturated rings. The van der Waals surface area contributed by atoms with Gasteiger partial charge in [-0.3, -0.25) is 14.9 Å². The zero-order chi connectivity index (χ0) is 18.5. The summed E-state index contributed by atoms with van der Waals surface area (Å²) in [7, 11) is 0. The fourth-order valence-corrected chi connectivity index (χ4v) is 4.12. The van der Waals surface area contributed by atoms with Gasteiger partial charge in [-0.15, -0.1) is 0 Å². The van der Waals surface area contributed by atoms with Gasteiger partial charge in [0.2, 0.25) is 6.79 Å². The van der Waals surface area contributed by atoms with Crippen LogP contribution in [0, 0.1) is 10.1 Å². The summed E-state index contributed by atoms with van der Waals surface area (Å²) in [6.07, 6.45) is 2.07. The number of rotatable bonds is 2. The molecular weight excluding hydrogens is 348 g/mol. The molecule has 0 unspecified atom stereocenters. The molecule has 0 bridgehead atoms. The fraction of sp³-hybridized carbons (Fsp3) is 0.250. The number of ketones is 1. The zero-order valence-electron chi connectivity index (χ0n) is 14.4. The molecule has 0 amide bonds. The molecule has 1 aliphatic carbocycles. The number of carbonyl (C=O) groups excluding carboxylic acids is 1. The predicted octanol–water partition coefficient (Wildman–Crippen LogP) is 3.89. The Kier molecular flexibility index (Phi) is 3.43. The van der Waals surface area contributed by atoms with Gasteiger partial charge in [0.05, 0.1) is 4.92 Å². The summed E-state index contributed by atoms with van der Waals surface area (Å²) in [5, 5.41) is 14.6. The van der Waals surface area contributed by atoms with Crippen molar-refractivity contribution in [2.24, 2.45) is 0 Å². The lowest BCUT2D eigenvalue weighted by atomic mass is 9.75. The van der Waals surface area contributed by atoms with Crippen molar-refractivity contribution in [2.45, 2.75) is 25.2 Å². The molecule has 0 aromatic heterocycles. The number of hydrogen-bond acceptors (Lipinski definition) is 6. The molecule has 5 rings (SSSR count). The van der Waals surface area contributed by atoms with Crippen LogP contribution >= 0.6 is 0 Å². The van der Waals surface area contributed by atoms with E-state index in [-0.39, 0.29) is 24.2 Å². The van der Waals surface area contributed by atoms with Crippen LogP contribution in [0.25, 0.3) is 0 Å². The van der Waals surface area contributed by atoms with Crippen molar-refractivity contribution in [3.63, 3.8) is 0 Å². The van der Waals surface area contributed by atoms with Gasteiger partial charge in [0.1, 0.15) is 0 Å². The molecule has 2 aromatic rings. The molecule has 0 radical (unpaired) electrons. The quantitative estimate of drug-likeness (QED) is 0.642. The number of ether oxygens (including phenoxy) is 2. The van der Waals surface area contributed by atoms with E-state index in [1.807, 2.05) is 18.2 Å². The molecule has 2 heterocycles. The maximum Gasteiger partial charge on any atom is 0.269 e. The molecule has 0 saturated heterocycles. The van der Waals surface area contributed by atoms with Crippen LogP contribution < -0.4 is 14.8 Å². The number of hydrogen-bond donors (Lipinski definition) is 1. The average Bonchev–Trinajstić information content (AvgIpc) is 3.12. The number of nitro benzene ring substituents is 1. The van der Waals surface area contributed by atoms with Crippen LogP contribution in [0.15, 0.2) is 47.7 Å². The molecule has 136 valence electrons. The van der Waals surface area contributed by atoms with Crippen LogP contribution in [0.5, 0.6) is 11.5 Å². The highest BCUT2D eigenvalue weighted by atomic mass is 16.7. The van der Waals surface area contributed by atoms with Gasteiger partial charge in [-0.25, -0.2) is 0 Å². The van der Waals surface area contributed by atoms with Gasteiger partial charge in [0.25, 0.3) is 5.69 Å². The SMILES string of the molecule is O=C1CCCC2=C1[C@H](c1cccc([N+](=O)[O-])c1)c1cc3c(cc1N2)OCO3. The molecular formula is C20H16N2O5. The molecule has 0 spiro atoms. The van der Waals surface area contributed by atoms with E-state index in [0.717, 1.165) is 35.4 Å². The number of carbonyl (C=O) groups is 1. The van der Waals surface area contributed by atoms with Crippen LogP contribution in [0.1, 0.15) is 36.3 Å². The first-order valence-corrected chi connectivity index (χ1v) is 8.83. The lowest BCUT2D eigenvalue weighted by Crippen LogP contribution is -2.26. The average molecular weight is 364 g/mol. The Labute approximate surface area is 154 Å². The number of fused-ring (bicyclic) bond motifs is 2. The Morgan fingerprint density at radius 2 is 1.93 bits per heavy atom. The highest BCUT2D eigenvalue weighted by molar-refractivity contribution is 6.01. The van der Waals surface area contributed by atoms with E-state index in [9.17, 15) is 14.9 Å². The predicted molar refractivity (Wildman–Crippen MR) is 97.0 cm³/mol. The van der Waals surface area contributed by atoms with Gasteiger partial charge in [-0.2, -0.15) is 0 Å². The van der Waals surface area contributed by atoms with Crippen molar-refractivity contribution in [2.75, 3.05) is 12.1 Å². The van der Waals surface area contributed by atoms with E-state index < -0.39 is 4.92 Å². The van der Waals surface area contributed by atoms with Crippen molar-refractivity contribution in [1.82, 2.24) is 0 Å². The lowest BCUT2D eigenvalue weighted by molar-refractivity contribution is -0.384. The second kappa shape index (κ2) is 5.84. The van der Waals surface area contributed by atoms with Crippen molar-refractivity contribution in [3.8, 4) is 11.5 Å². The van der Waals surface area contributed by atoms with Gasteiger partial charge < -0.3 is 14.8 Å². The molecule has 1 N–H and O–H groups in total. The van der Waals surface area contributed by atoms with Crippen LogP contribution in [0.4, 0.5) is 11.4 Å². The smallest absolute Gasteiger partial charge is 0.269 e. The summed E-state index contributed by atoms with van der Waals surface area (Å²) in [6.45, 7) is 0.159. The third-order valence-electron chi connectivity index (χ3n) is 5.30. The van der Waals surface area contributed by atoms with E-state index in [4.69, 9.17) is 9.47 Å². The summed E-state index contributed by atoms with van der Waals surface area (Å²) in [6, 6.07) is 10.3.